The molecule has 1 saturated heterocycles. The molecule has 86 valence electrons. The Kier molecular flexibility index (Phi) is 7.46. The van der Waals surface area contributed by atoms with Crippen LogP contribution >= 0.6 is 0 Å². The third-order valence-corrected chi connectivity index (χ3v) is 1.76. The topological polar surface area (TPSA) is 44.5 Å². The third kappa shape index (κ3) is 4.21. The highest BCUT2D eigenvalue weighted by molar-refractivity contribution is 5.24. The van der Waals surface area contributed by atoms with Crippen LogP contribution in [0.5, 0.6) is 0 Å². The molecule has 1 aliphatic heterocycles. The van der Waals surface area contributed by atoms with Gasteiger partial charge in [-0.2, -0.15) is 0 Å². The highest BCUT2D eigenvalue weighted by Crippen LogP contribution is 2.21. The zero-order valence-electron chi connectivity index (χ0n) is 9.82. The predicted molar refractivity (Wildman–Crippen MR) is 63.3 cm³/mol. The van der Waals surface area contributed by atoms with Crippen LogP contribution in [0.15, 0.2) is 36.3 Å². The van der Waals surface area contributed by atoms with Crippen molar-refractivity contribution in [3.8, 4) is 0 Å². The van der Waals surface area contributed by atoms with Gasteiger partial charge in [0.25, 0.3) is 0 Å². The summed E-state index contributed by atoms with van der Waals surface area (Å²) in [6.45, 7) is 10.5. The molecule has 0 radical (unpaired) electrons. The van der Waals surface area contributed by atoms with Gasteiger partial charge in [0, 0.05) is 6.54 Å². The number of nitrogens with two attached hydrogens (primary N) is 1. The second-order valence-corrected chi connectivity index (χ2v) is 2.71. The quantitative estimate of drug-likeness (QED) is 0.762. The number of allylic oxidation sites excluding steroid dienone is 3. The Morgan fingerprint density at radius 2 is 2.13 bits per heavy atom. The Bertz CT molecular complexity index is 244. The molecule has 0 aromatic heterocycles. The fourth-order valence-electron chi connectivity index (χ4n) is 1.10. The second-order valence-electron chi connectivity index (χ2n) is 2.71. The predicted octanol–water partition coefficient (Wildman–Crippen LogP) is 2.36. The van der Waals surface area contributed by atoms with E-state index >= 15 is 0 Å². The number of hydrogen-bond donors (Lipinski definition) is 1. The van der Waals surface area contributed by atoms with Gasteiger partial charge in [0.05, 0.1) is 0 Å². The van der Waals surface area contributed by atoms with Crippen LogP contribution in [0, 0.1) is 0 Å². The molecule has 0 spiro atoms. The largest absolute Gasteiger partial charge is 0.486 e. The van der Waals surface area contributed by atoms with E-state index in [2.05, 4.69) is 6.58 Å². The highest BCUT2D eigenvalue weighted by Gasteiger charge is 2.20. The molecule has 1 rings (SSSR count). The molecule has 15 heavy (non-hydrogen) atoms. The summed E-state index contributed by atoms with van der Waals surface area (Å²) in [5.74, 6) is 1.46. The Balaban J connectivity index is 0.000000921. The summed E-state index contributed by atoms with van der Waals surface area (Å²) in [5.41, 5.74) is 5.47. The summed E-state index contributed by atoms with van der Waals surface area (Å²) in [5, 5.41) is 0. The van der Waals surface area contributed by atoms with E-state index in [0.29, 0.717) is 18.9 Å². The molecule has 2 N–H and O–H groups in total. The van der Waals surface area contributed by atoms with Gasteiger partial charge in [0.1, 0.15) is 12.7 Å². The molecule has 1 atom stereocenters. The molecule has 0 saturated carbocycles. The van der Waals surface area contributed by atoms with Crippen molar-refractivity contribution in [1.29, 1.82) is 0 Å². The van der Waals surface area contributed by atoms with E-state index in [-0.39, 0.29) is 6.10 Å². The van der Waals surface area contributed by atoms with E-state index in [1.165, 1.54) is 0 Å². The van der Waals surface area contributed by atoms with Gasteiger partial charge < -0.3 is 15.2 Å². The molecule has 0 amide bonds. The van der Waals surface area contributed by atoms with Crippen LogP contribution in [0.3, 0.4) is 0 Å². The van der Waals surface area contributed by atoms with Crippen LogP contribution in [0.2, 0.25) is 0 Å². The molecule has 1 fully saturated rings. The first-order chi connectivity index (χ1) is 7.31. The Morgan fingerprint density at radius 1 is 1.47 bits per heavy atom. The van der Waals surface area contributed by atoms with Crippen LogP contribution < -0.4 is 5.73 Å². The lowest BCUT2D eigenvalue weighted by Gasteiger charge is -2.27. The average Bonchev–Trinajstić information content (AvgIpc) is 2.32. The van der Waals surface area contributed by atoms with Crippen molar-refractivity contribution in [2.75, 3.05) is 13.2 Å². The van der Waals surface area contributed by atoms with Gasteiger partial charge in [0.15, 0.2) is 11.5 Å². The average molecular weight is 211 g/mol. The van der Waals surface area contributed by atoms with Gasteiger partial charge in [0.2, 0.25) is 0 Å². The fraction of sp³-hybridized carbons (Fsp3) is 0.500. The zero-order valence-corrected chi connectivity index (χ0v) is 9.82. The summed E-state index contributed by atoms with van der Waals surface area (Å²) < 4.78 is 11.0. The molecule has 0 aliphatic carbocycles. The number of hydrogen-bond acceptors (Lipinski definition) is 3. The van der Waals surface area contributed by atoms with Gasteiger partial charge in [-0.1, -0.05) is 26.5 Å². The van der Waals surface area contributed by atoms with Crippen LogP contribution in [-0.4, -0.2) is 19.3 Å². The number of ether oxygens (including phenoxy) is 2. The smallest absolute Gasteiger partial charge is 0.161 e. The Morgan fingerprint density at radius 3 is 2.60 bits per heavy atom. The van der Waals surface area contributed by atoms with Gasteiger partial charge in [-0.25, -0.2) is 0 Å². The highest BCUT2D eigenvalue weighted by atomic mass is 16.6. The van der Waals surface area contributed by atoms with Crippen LogP contribution in [0.1, 0.15) is 20.8 Å². The zero-order chi connectivity index (χ0) is 11.7. The number of rotatable bonds is 2. The van der Waals surface area contributed by atoms with E-state index < -0.39 is 0 Å². The fourth-order valence-corrected chi connectivity index (χ4v) is 1.10. The van der Waals surface area contributed by atoms with Crippen molar-refractivity contribution in [2.45, 2.75) is 26.9 Å². The summed E-state index contributed by atoms with van der Waals surface area (Å²) in [4.78, 5) is 0. The molecule has 3 nitrogen and oxygen atoms in total. The summed E-state index contributed by atoms with van der Waals surface area (Å²) in [7, 11) is 0. The van der Waals surface area contributed by atoms with Crippen molar-refractivity contribution >= 4 is 0 Å². The maximum absolute atomic E-state index is 5.55. The van der Waals surface area contributed by atoms with Crippen LogP contribution in [-0.2, 0) is 9.47 Å². The van der Waals surface area contributed by atoms with Gasteiger partial charge in [-0.05, 0) is 19.1 Å². The van der Waals surface area contributed by atoms with Crippen molar-refractivity contribution in [1.82, 2.24) is 0 Å². The van der Waals surface area contributed by atoms with Gasteiger partial charge in [-0.15, -0.1) is 0 Å². The minimum Gasteiger partial charge on any atom is -0.486 e. The van der Waals surface area contributed by atoms with E-state index in [1.54, 1.807) is 12.2 Å². The molecule has 0 bridgehead atoms. The van der Waals surface area contributed by atoms with Crippen LogP contribution in [0.25, 0.3) is 0 Å². The maximum Gasteiger partial charge on any atom is 0.161 e. The monoisotopic (exact) mass is 211 g/mol. The van der Waals surface area contributed by atoms with Crippen molar-refractivity contribution in [2.24, 2.45) is 5.73 Å². The van der Waals surface area contributed by atoms with E-state index in [9.17, 15) is 0 Å². The van der Waals surface area contributed by atoms with Gasteiger partial charge >= 0.3 is 0 Å². The SMILES string of the molecule is C=C/C=C1/OC(CN)CO/C1=C/C.CC. The normalized spacial score (nSPS) is 24.9. The van der Waals surface area contributed by atoms with Crippen molar-refractivity contribution in [3.63, 3.8) is 0 Å². The molecular formula is C12H21NO2. The lowest BCUT2D eigenvalue weighted by atomic mass is 10.2. The minimum absolute atomic E-state index is 0.0464. The molecule has 0 aromatic rings. The molecule has 1 heterocycles. The lowest BCUT2D eigenvalue weighted by molar-refractivity contribution is -0.00185. The first-order valence-corrected chi connectivity index (χ1v) is 5.30. The first kappa shape index (κ1) is 13.8. The summed E-state index contributed by atoms with van der Waals surface area (Å²) in [6, 6.07) is 0. The van der Waals surface area contributed by atoms with Crippen molar-refractivity contribution < 1.29 is 9.47 Å². The molecule has 1 unspecified atom stereocenters. The summed E-state index contributed by atoms with van der Waals surface area (Å²) in [6.07, 6.45) is 5.26. The summed E-state index contributed by atoms with van der Waals surface area (Å²) >= 11 is 0. The van der Waals surface area contributed by atoms with Gasteiger partial charge in [-0.3, -0.25) is 0 Å². The van der Waals surface area contributed by atoms with E-state index in [4.69, 9.17) is 15.2 Å². The maximum atomic E-state index is 5.55. The van der Waals surface area contributed by atoms with E-state index in [0.717, 1.165) is 5.76 Å². The molecule has 0 aromatic carbocycles. The second kappa shape index (κ2) is 8.12. The van der Waals surface area contributed by atoms with Crippen molar-refractivity contribution in [3.05, 3.63) is 36.3 Å². The lowest BCUT2D eigenvalue weighted by Crippen LogP contribution is -2.32. The standard InChI is InChI=1S/C10H15NO2.C2H6/c1-3-5-10-9(4-2)12-7-8(6-11)13-10;1-2/h3-5,8H,1,6-7,11H2,2H3;1-2H3/b9-4+,10-5+;. The minimum atomic E-state index is -0.0464. The molecule has 3 heteroatoms. The first-order valence-electron chi connectivity index (χ1n) is 5.30. The van der Waals surface area contributed by atoms with Crippen LogP contribution in [0.4, 0.5) is 0 Å². The Hall–Kier alpha value is -1.22. The Labute approximate surface area is 92.3 Å². The molecular weight excluding hydrogens is 190 g/mol. The third-order valence-electron chi connectivity index (χ3n) is 1.76. The van der Waals surface area contributed by atoms with E-state index in [1.807, 2.05) is 26.8 Å². The molecule has 1 aliphatic rings.